The fourth-order valence-corrected chi connectivity index (χ4v) is 0.556. The number of aromatic amines is 1. The fraction of sp³-hybridized carbons (Fsp3) is 0.167. The van der Waals surface area contributed by atoms with E-state index >= 15 is 0 Å². The molecule has 1 amide bonds. The molecule has 0 atom stereocenters. The van der Waals surface area contributed by atoms with E-state index < -0.39 is 0 Å². The highest BCUT2D eigenvalue weighted by Gasteiger charge is 1.91. The molecule has 9 heavy (non-hydrogen) atoms. The molecule has 1 rings (SSSR count). The minimum Gasteiger partial charge on any atom is -0.358 e. The zero-order valence-corrected chi connectivity index (χ0v) is 5.06. The average molecular weight is 123 g/mol. The van der Waals surface area contributed by atoms with Crippen molar-refractivity contribution in [2.75, 3.05) is 5.32 Å². The normalized spacial score (nSPS) is 9.00. The number of carbonyl (C=O) groups is 1. The third-order valence-corrected chi connectivity index (χ3v) is 0.859. The van der Waals surface area contributed by atoms with Gasteiger partial charge in [-0.3, -0.25) is 4.79 Å². The van der Waals surface area contributed by atoms with Crippen LogP contribution in [0.1, 0.15) is 6.92 Å². The van der Waals surface area contributed by atoms with E-state index in [1.54, 1.807) is 12.3 Å². The average Bonchev–Trinajstić information content (AvgIpc) is 2.15. The van der Waals surface area contributed by atoms with Crippen molar-refractivity contribution in [1.82, 2.24) is 4.98 Å². The van der Waals surface area contributed by atoms with Gasteiger partial charge >= 0.3 is 0 Å². The molecule has 0 aliphatic carbocycles. The Morgan fingerprint density at radius 2 is 2.67 bits per heavy atom. The van der Waals surface area contributed by atoms with E-state index in [1.165, 1.54) is 6.92 Å². The van der Waals surface area contributed by atoms with Crippen molar-refractivity contribution in [3.8, 4) is 0 Å². The fourth-order valence-electron chi connectivity index (χ4n) is 0.556. The molecule has 0 unspecified atom stereocenters. The number of anilines is 1. The molecular formula is C6H7N2O. The third-order valence-electron chi connectivity index (χ3n) is 0.859. The highest BCUT2D eigenvalue weighted by molar-refractivity contribution is 5.88. The summed E-state index contributed by atoms with van der Waals surface area (Å²) in [6, 6.07) is 1.67. The Morgan fingerprint density at radius 1 is 1.89 bits per heavy atom. The smallest absolute Gasteiger partial charge is 0.221 e. The molecular weight excluding hydrogens is 116 g/mol. The van der Waals surface area contributed by atoms with Crippen molar-refractivity contribution in [3.05, 3.63) is 18.5 Å². The summed E-state index contributed by atoms with van der Waals surface area (Å²) in [5.41, 5.74) is 0.752. The predicted octanol–water partition coefficient (Wildman–Crippen LogP) is 0.773. The minimum atomic E-state index is -0.0667. The molecule has 1 heterocycles. The van der Waals surface area contributed by atoms with Crippen LogP contribution in [0, 0.1) is 6.20 Å². The Morgan fingerprint density at radius 3 is 3.11 bits per heavy atom. The molecule has 0 aromatic carbocycles. The van der Waals surface area contributed by atoms with E-state index in [-0.39, 0.29) is 5.91 Å². The molecule has 0 aliphatic rings. The Hall–Kier alpha value is -1.25. The lowest BCUT2D eigenvalue weighted by atomic mass is 10.5. The number of hydrogen-bond acceptors (Lipinski definition) is 1. The summed E-state index contributed by atoms with van der Waals surface area (Å²) in [6.45, 7) is 1.47. The number of nitrogens with one attached hydrogen (secondary N) is 2. The van der Waals surface area contributed by atoms with Gasteiger partial charge in [-0.25, -0.2) is 0 Å². The van der Waals surface area contributed by atoms with E-state index in [4.69, 9.17) is 0 Å². The van der Waals surface area contributed by atoms with Crippen LogP contribution in [0.3, 0.4) is 0 Å². The Balaban J connectivity index is 2.58. The van der Waals surface area contributed by atoms with Crippen LogP contribution < -0.4 is 5.32 Å². The second kappa shape index (κ2) is 2.35. The van der Waals surface area contributed by atoms with Crippen molar-refractivity contribution in [2.45, 2.75) is 6.92 Å². The number of amides is 1. The molecule has 1 aromatic rings. The number of rotatable bonds is 1. The third kappa shape index (κ3) is 1.60. The van der Waals surface area contributed by atoms with Crippen molar-refractivity contribution in [2.24, 2.45) is 0 Å². The van der Waals surface area contributed by atoms with Crippen LogP contribution in [-0.2, 0) is 4.79 Å². The minimum absolute atomic E-state index is 0.0667. The molecule has 2 N–H and O–H groups in total. The molecule has 0 bridgehead atoms. The summed E-state index contributed by atoms with van der Waals surface area (Å²) >= 11 is 0. The molecule has 0 spiro atoms. The van der Waals surface area contributed by atoms with Gasteiger partial charge in [-0.1, -0.05) is 0 Å². The van der Waals surface area contributed by atoms with Crippen molar-refractivity contribution >= 4 is 11.6 Å². The summed E-state index contributed by atoms with van der Waals surface area (Å²) in [5, 5.41) is 2.58. The van der Waals surface area contributed by atoms with Gasteiger partial charge in [0.2, 0.25) is 5.91 Å². The zero-order chi connectivity index (χ0) is 6.69. The Bertz CT molecular complexity index is 191. The van der Waals surface area contributed by atoms with Gasteiger partial charge < -0.3 is 10.3 Å². The van der Waals surface area contributed by atoms with Gasteiger partial charge in [0.05, 0.1) is 11.9 Å². The maximum absolute atomic E-state index is 10.4. The van der Waals surface area contributed by atoms with E-state index in [1.807, 2.05) is 0 Å². The monoisotopic (exact) mass is 123 g/mol. The molecule has 0 saturated carbocycles. The molecule has 1 aromatic heterocycles. The second-order valence-electron chi connectivity index (χ2n) is 1.71. The van der Waals surface area contributed by atoms with Gasteiger partial charge in [0, 0.05) is 13.1 Å². The lowest BCUT2D eigenvalue weighted by molar-refractivity contribution is -0.114. The number of aromatic nitrogens is 1. The first-order valence-corrected chi connectivity index (χ1v) is 2.61. The Labute approximate surface area is 53.1 Å². The van der Waals surface area contributed by atoms with Crippen LogP contribution in [0.4, 0.5) is 5.69 Å². The zero-order valence-electron chi connectivity index (χ0n) is 5.06. The first kappa shape index (κ1) is 5.88. The van der Waals surface area contributed by atoms with Gasteiger partial charge in [0.25, 0.3) is 0 Å². The number of H-pyrrole nitrogens is 1. The predicted molar refractivity (Wildman–Crippen MR) is 33.9 cm³/mol. The largest absolute Gasteiger partial charge is 0.358 e. The van der Waals surface area contributed by atoms with Crippen LogP contribution >= 0.6 is 0 Å². The van der Waals surface area contributed by atoms with Crippen LogP contribution in [0.2, 0.25) is 0 Å². The molecule has 3 heteroatoms. The first-order chi connectivity index (χ1) is 4.29. The maximum Gasteiger partial charge on any atom is 0.221 e. The molecule has 3 nitrogen and oxygen atoms in total. The topological polar surface area (TPSA) is 44.9 Å². The van der Waals surface area contributed by atoms with Gasteiger partial charge in [-0.15, -0.1) is 0 Å². The molecule has 47 valence electrons. The summed E-state index contributed by atoms with van der Waals surface area (Å²) in [4.78, 5) is 13.1. The molecule has 1 radical (unpaired) electrons. The summed E-state index contributed by atoms with van der Waals surface area (Å²) in [6.07, 6.45) is 4.36. The van der Waals surface area contributed by atoms with Crippen molar-refractivity contribution in [1.29, 1.82) is 0 Å². The highest BCUT2D eigenvalue weighted by atomic mass is 16.1. The standard InChI is InChI=1S/C6H7N2O/c1-5(9)8-6-2-3-7-4-6/h2,4,7H,1H3,(H,8,9). The van der Waals surface area contributed by atoms with Gasteiger partial charge in [0.1, 0.15) is 0 Å². The lowest BCUT2D eigenvalue weighted by Gasteiger charge is -1.92. The molecule has 0 fully saturated rings. The first-order valence-electron chi connectivity index (χ1n) is 2.61. The van der Waals surface area contributed by atoms with Gasteiger partial charge in [-0.05, 0) is 6.07 Å². The summed E-state index contributed by atoms with van der Waals surface area (Å²) < 4.78 is 0. The van der Waals surface area contributed by atoms with Crippen molar-refractivity contribution < 1.29 is 4.79 Å². The van der Waals surface area contributed by atoms with Gasteiger partial charge in [0.15, 0.2) is 0 Å². The summed E-state index contributed by atoms with van der Waals surface area (Å²) in [7, 11) is 0. The number of carbonyl (C=O) groups excluding carboxylic acids is 1. The lowest BCUT2D eigenvalue weighted by Crippen LogP contribution is -2.04. The number of hydrogen-bond donors (Lipinski definition) is 2. The molecule has 0 aliphatic heterocycles. The van der Waals surface area contributed by atoms with Crippen LogP contribution in [0.5, 0.6) is 0 Å². The van der Waals surface area contributed by atoms with Crippen LogP contribution in [-0.4, -0.2) is 10.9 Å². The Kier molecular flexibility index (Phi) is 1.53. The SMILES string of the molecule is CC(=O)Nc1c[c][nH]c1. The quantitative estimate of drug-likeness (QED) is 0.569. The van der Waals surface area contributed by atoms with E-state index in [0.717, 1.165) is 5.69 Å². The summed E-state index contributed by atoms with van der Waals surface area (Å²) in [5.74, 6) is -0.0667. The maximum atomic E-state index is 10.4. The molecule has 0 saturated heterocycles. The second-order valence-corrected chi connectivity index (χ2v) is 1.71. The van der Waals surface area contributed by atoms with E-state index in [2.05, 4.69) is 16.5 Å². The highest BCUT2D eigenvalue weighted by Crippen LogP contribution is 2.01. The van der Waals surface area contributed by atoms with Gasteiger partial charge in [-0.2, -0.15) is 0 Å². The van der Waals surface area contributed by atoms with Crippen molar-refractivity contribution in [3.63, 3.8) is 0 Å². The van der Waals surface area contributed by atoms with E-state index in [9.17, 15) is 4.79 Å². The van der Waals surface area contributed by atoms with Crippen LogP contribution in [0.15, 0.2) is 12.3 Å². The van der Waals surface area contributed by atoms with E-state index in [0.29, 0.717) is 0 Å². The van der Waals surface area contributed by atoms with Crippen LogP contribution in [0.25, 0.3) is 0 Å².